The van der Waals surface area contributed by atoms with Crippen LogP contribution in [0, 0.1) is 5.92 Å². The van der Waals surface area contributed by atoms with Gasteiger partial charge in [-0.15, -0.1) is 0 Å². The molecule has 2 unspecified atom stereocenters. The lowest BCUT2D eigenvalue weighted by Crippen LogP contribution is -2.19. The molecule has 0 aromatic carbocycles. The van der Waals surface area contributed by atoms with E-state index >= 15 is 0 Å². The Hall–Kier alpha value is -0.370. The molecule has 0 aromatic heterocycles. The van der Waals surface area contributed by atoms with E-state index in [1.165, 1.54) is 6.42 Å². The van der Waals surface area contributed by atoms with Crippen LogP contribution >= 0.6 is 0 Å². The Bertz CT molecular complexity index is 163. The second-order valence-electron chi connectivity index (χ2n) is 4.19. The predicted molar refractivity (Wildman–Crippen MR) is 52.5 cm³/mol. The summed E-state index contributed by atoms with van der Waals surface area (Å²) in [4.78, 5) is 11.4. The second-order valence-corrected chi connectivity index (χ2v) is 4.19. The molecule has 13 heavy (non-hydrogen) atoms. The van der Waals surface area contributed by atoms with Gasteiger partial charge in [-0.25, -0.2) is 0 Å². The monoisotopic (exact) mass is 184 g/mol. The first-order valence-electron chi connectivity index (χ1n) is 5.41. The fourth-order valence-electron chi connectivity index (χ4n) is 2.02. The molecule has 2 heteroatoms. The van der Waals surface area contributed by atoms with E-state index in [1.807, 2.05) is 6.92 Å². The van der Waals surface area contributed by atoms with Crippen molar-refractivity contribution >= 4 is 5.78 Å². The molecule has 0 spiro atoms. The summed E-state index contributed by atoms with van der Waals surface area (Å²) < 4.78 is 0. The Labute approximate surface area is 80.3 Å². The van der Waals surface area contributed by atoms with E-state index in [1.54, 1.807) is 0 Å². The highest BCUT2D eigenvalue weighted by Gasteiger charge is 2.21. The van der Waals surface area contributed by atoms with Gasteiger partial charge in [-0.05, 0) is 32.6 Å². The highest BCUT2D eigenvalue weighted by atomic mass is 16.3. The summed E-state index contributed by atoms with van der Waals surface area (Å²) in [6, 6.07) is 0. The van der Waals surface area contributed by atoms with Crippen LogP contribution < -0.4 is 0 Å². The van der Waals surface area contributed by atoms with Crippen molar-refractivity contribution in [1.82, 2.24) is 0 Å². The molecule has 1 aliphatic carbocycles. The number of aliphatic hydroxyl groups is 1. The van der Waals surface area contributed by atoms with Crippen molar-refractivity contribution in [2.75, 3.05) is 0 Å². The Morgan fingerprint density at radius 3 is 2.92 bits per heavy atom. The highest BCUT2D eigenvalue weighted by Crippen LogP contribution is 2.25. The van der Waals surface area contributed by atoms with Gasteiger partial charge in [-0.2, -0.15) is 0 Å². The third kappa shape index (κ3) is 3.90. The van der Waals surface area contributed by atoms with E-state index in [2.05, 4.69) is 0 Å². The summed E-state index contributed by atoms with van der Waals surface area (Å²) in [7, 11) is 0. The molecule has 1 rings (SSSR count). The van der Waals surface area contributed by atoms with Crippen LogP contribution in [0.25, 0.3) is 0 Å². The first-order chi connectivity index (χ1) is 6.20. The van der Waals surface area contributed by atoms with Crippen molar-refractivity contribution in [2.45, 2.75) is 58.0 Å². The summed E-state index contributed by atoms with van der Waals surface area (Å²) in [5, 5.41) is 9.06. The zero-order valence-electron chi connectivity index (χ0n) is 8.46. The SMILES string of the molecule is CC(O)CCCC1CCCCC1=O. The Kier molecular flexibility index (Phi) is 4.43. The molecule has 2 nitrogen and oxygen atoms in total. The normalized spacial score (nSPS) is 26.0. The van der Waals surface area contributed by atoms with Crippen LogP contribution in [-0.4, -0.2) is 17.0 Å². The Morgan fingerprint density at radius 2 is 2.31 bits per heavy atom. The second kappa shape index (κ2) is 5.38. The van der Waals surface area contributed by atoms with Crippen molar-refractivity contribution in [2.24, 2.45) is 5.92 Å². The van der Waals surface area contributed by atoms with Gasteiger partial charge in [0.15, 0.2) is 0 Å². The van der Waals surface area contributed by atoms with Crippen LogP contribution in [0.4, 0.5) is 0 Å². The maximum absolute atomic E-state index is 11.4. The van der Waals surface area contributed by atoms with Crippen LogP contribution in [0.2, 0.25) is 0 Å². The predicted octanol–water partition coefficient (Wildman–Crippen LogP) is 2.30. The average Bonchev–Trinajstić information content (AvgIpc) is 2.08. The molecule has 1 N–H and O–H groups in total. The van der Waals surface area contributed by atoms with Crippen LogP contribution in [0.3, 0.4) is 0 Å². The molecule has 0 heterocycles. The third-order valence-electron chi connectivity index (χ3n) is 2.86. The summed E-state index contributed by atoms with van der Waals surface area (Å²) in [5.41, 5.74) is 0. The van der Waals surface area contributed by atoms with E-state index in [9.17, 15) is 4.79 Å². The minimum atomic E-state index is -0.210. The summed E-state index contributed by atoms with van der Waals surface area (Å²) in [6.07, 6.45) is 6.79. The van der Waals surface area contributed by atoms with E-state index < -0.39 is 0 Å². The third-order valence-corrected chi connectivity index (χ3v) is 2.86. The molecule has 0 amide bonds. The molecule has 0 bridgehead atoms. The Morgan fingerprint density at radius 1 is 1.54 bits per heavy atom. The van der Waals surface area contributed by atoms with E-state index in [-0.39, 0.29) is 6.10 Å². The quantitative estimate of drug-likeness (QED) is 0.728. The Balaban J connectivity index is 2.15. The molecule has 1 aliphatic rings. The first-order valence-corrected chi connectivity index (χ1v) is 5.41. The minimum Gasteiger partial charge on any atom is -0.393 e. The number of hydrogen-bond acceptors (Lipinski definition) is 2. The van der Waals surface area contributed by atoms with Crippen LogP contribution in [-0.2, 0) is 4.79 Å². The molecule has 0 aliphatic heterocycles. The number of rotatable bonds is 4. The van der Waals surface area contributed by atoms with E-state index in [0.29, 0.717) is 11.7 Å². The minimum absolute atomic E-state index is 0.210. The standard InChI is InChI=1S/C11H20O2/c1-9(12)5-4-7-10-6-2-3-8-11(10)13/h9-10,12H,2-8H2,1H3. The molecule has 1 saturated carbocycles. The van der Waals surface area contributed by atoms with Gasteiger partial charge in [0.2, 0.25) is 0 Å². The number of Topliss-reactive ketones (excluding diaryl/α,β-unsaturated/α-hetero) is 1. The summed E-state index contributed by atoms with van der Waals surface area (Å²) in [5.74, 6) is 0.768. The maximum atomic E-state index is 11.4. The number of hydrogen-bond donors (Lipinski definition) is 1. The maximum Gasteiger partial charge on any atom is 0.135 e. The number of aliphatic hydroxyl groups excluding tert-OH is 1. The molecule has 0 saturated heterocycles. The van der Waals surface area contributed by atoms with Gasteiger partial charge in [0.25, 0.3) is 0 Å². The average molecular weight is 184 g/mol. The zero-order valence-corrected chi connectivity index (χ0v) is 8.46. The van der Waals surface area contributed by atoms with Gasteiger partial charge in [0.1, 0.15) is 5.78 Å². The fourth-order valence-corrected chi connectivity index (χ4v) is 2.02. The summed E-state index contributed by atoms with van der Waals surface area (Å²) in [6.45, 7) is 1.81. The molecule has 76 valence electrons. The van der Waals surface area contributed by atoms with Gasteiger partial charge in [0, 0.05) is 12.3 Å². The molecule has 0 radical (unpaired) electrons. The van der Waals surface area contributed by atoms with Crippen LogP contribution in [0.5, 0.6) is 0 Å². The lowest BCUT2D eigenvalue weighted by atomic mass is 9.84. The van der Waals surface area contributed by atoms with E-state index in [4.69, 9.17) is 5.11 Å². The molecule has 1 fully saturated rings. The zero-order chi connectivity index (χ0) is 9.68. The van der Waals surface area contributed by atoms with Crippen molar-refractivity contribution in [3.63, 3.8) is 0 Å². The van der Waals surface area contributed by atoms with Crippen molar-refractivity contribution in [1.29, 1.82) is 0 Å². The lowest BCUT2D eigenvalue weighted by molar-refractivity contribution is -0.124. The summed E-state index contributed by atoms with van der Waals surface area (Å²) >= 11 is 0. The van der Waals surface area contributed by atoms with Gasteiger partial charge >= 0.3 is 0 Å². The van der Waals surface area contributed by atoms with Gasteiger partial charge in [-0.1, -0.05) is 12.8 Å². The molecular weight excluding hydrogens is 164 g/mol. The number of ketones is 1. The van der Waals surface area contributed by atoms with Gasteiger partial charge < -0.3 is 5.11 Å². The molecular formula is C11H20O2. The largest absolute Gasteiger partial charge is 0.393 e. The van der Waals surface area contributed by atoms with E-state index in [0.717, 1.165) is 38.5 Å². The molecule has 0 aromatic rings. The number of carbonyl (C=O) groups excluding carboxylic acids is 1. The fraction of sp³-hybridized carbons (Fsp3) is 0.909. The molecule has 2 atom stereocenters. The van der Waals surface area contributed by atoms with Crippen molar-refractivity contribution < 1.29 is 9.90 Å². The van der Waals surface area contributed by atoms with Crippen molar-refractivity contribution in [3.05, 3.63) is 0 Å². The smallest absolute Gasteiger partial charge is 0.135 e. The highest BCUT2D eigenvalue weighted by molar-refractivity contribution is 5.81. The van der Waals surface area contributed by atoms with Crippen LogP contribution in [0.15, 0.2) is 0 Å². The van der Waals surface area contributed by atoms with Gasteiger partial charge in [0.05, 0.1) is 6.10 Å². The van der Waals surface area contributed by atoms with Crippen LogP contribution in [0.1, 0.15) is 51.9 Å². The first kappa shape index (κ1) is 10.7. The topological polar surface area (TPSA) is 37.3 Å². The van der Waals surface area contributed by atoms with Gasteiger partial charge in [-0.3, -0.25) is 4.79 Å². The van der Waals surface area contributed by atoms with Crippen molar-refractivity contribution in [3.8, 4) is 0 Å². The lowest BCUT2D eigenvalue weighted by Gasteiger charge is -2.20. The number of carbonyl (C=O) groups is 1.